The highest BCUT2D eigenvalue weighted by molar-refractivity contribution is 6.08. The molecule has 1 aromatic heterocycles. The predicted molar refractivity (Wildman–Crippen MR) is 91.5 cm³/mol. The summed E-state index contributed by atoms with van der Waals surface area (Å²) in [6.45, 7) is 5.77. The topological polar surface area (TPSA) is 92.3 Å². The third-order valence-electron chi connectivity index (χ3n) is 4.84. The molecule has 0 aromatic carbocycles. The van der Waals surface area contributed by atoms with Crippen molar-refractivity contribution in [1.29, 1.82) is 0 Å². The second kappa shape index (κ2) is 6.54. The number of anilines is 1. The molecule has 134 valence electrons. The minimum atomic E-state index is -0.410. The first-order valence-electron chi connectivity index (χ1n) is 8.75. The third kappa shape index (κ3) is 3.55. The van der Waals surface area contributed by atoms with Crippen molar-refractivity contribution in [2.45, 2.75) is 51.9 Å². The highest BCUT2D eigenvalue weighted by atomic mass is 16.2. The number of hydrogen-bond donors (Lipinski definition) is 1. The Bertz CT molecular complexity index is 669. The van der Waals surface area contributed by atoms with Crippen LogP contribution in [0.1, 0.15) is 52.3 Å². The van der Waals surface area contributed by atoms with Gasteiger partial charge in [-0.25, -0.2) is 9.97 Å². The van der Waals surface area contributed by atoms with Crippen molar-refractivity contribution >= 4 is 23.4 Å². The van der Waals surface area contributed by atoms with Crippen molar-refractivity contribution in [3.8, 4) is 0 Å². The zero-order valence-electron chi connectivity index (χ0n) is 14.9. The molecule has 1 aromatic rings. The largest absolute Gasteiger partial charge is 0.322 e. The lowest BCUT2D eigenvalue weighted by atomic mass is 9.81. The Morgan fingerprint density at radius 2 is 1.64 bits per heavy atom. The lowest BCUT2D eigenvalue weighted by Crippen LogP contribution is -2.38. The van der Waals surface area contributed by atoms with Crippen LogP contribution in [0.25, 0.3) is 0 Å². The number of carbonyl (C=O) groups is 3. The minimum absolute atomic E-state index is 0.173. The smallest absolute Gasteiger partial charge is 0.244 e. The van der Waals surface area contributed by atoms with Crippen molar-refractivity contribution in [3.63, 3.8) is 0 Å². The third-order valence-corrected chi connectivity index (χ3v) is 4.84. The van der Waals surface area contributed by atoms with Crippen LogP contribution in [0.5, 0.6) is 0 Å². The number of nitrogens with one attached hydrogen (secondary N) is 1. The van der Waals surface area contributed by atoms with Crippen molar-refractivity contribution in [2.75, 3.05) is 11.9 Å². The average molecular weight is 344 g/mol. The summed E-state index contributed by atoms with van der Waals surface area (Å²) in [6, 6.07) is 0. The molecule has 2 unspecified atom stereocenters. The summed E-state index contributed by atoms with van der Waals surface area (Å²) in [6.07, 6.45) is 6.51. The molecular formula is C18H24N4O3. The molecule has 7 heteroatoms. The summed E-state index contributed by atoms with van der Waals surface area (Å²) in [5.41, 5.74) is 0.280. The van der Waals surface area contributed by atoms with E-state index in [1.165, 1.54) is 0 Å². The normalized spacial score (nSPS) is 23.6. The van der Waals surface area contributed by atoms with E-state index >= 15 is 0 Å². The number of aromatic nitrogens is 2. The van der Waals surface area contributed by atoms with Crippen molar-refractivity contribution in [1.82, 2.24) is 14.9 Å². The van der Waals surface area contributed by atoms with Crippen LogP contribution in [0.3, 0.4) is 0 Å². The molecule has 1 N–H and O–H groups in total. The molecule has 0 spiro atoms. The number of rotatable bonds is 3. The van der Waals surface area contributed by atoms with Crippen LogP contribution in [0.4, 0.5) is 5.69 Å². The molecule has 2 atom stereocenters. The van der Waals surface area contributed by atoms with E-state index in [0.717, 1.165) is 30.6 Å². The first-order chi connectivity index (χ1) is 11.8. The van der Waals surface area contributed by atoms with Gasteiger partial charge in [0.25, 0.3) is 0 Å². The number of amides is 3. The average Bonchev–Trinajstić information content (AvgIpc) is 2.80. The molecule has 1 saturated carbocycles. The highest BCUT2D eigenvalue weighted by Crippen LogP contribution is 2.37. The summed E-state index contributed by atoms with van der Waals surface area (Å²) in [7, 11) is 0. The molecule has 25 heavy (non-hydrogen) atoms. The maximum absolute atomic E-state index is 12.4. The Balaban J connectivity index is 1.63. The van der Waals surface area contributed by atoms with Crippen LogP contribution in [0, 0.1) is 11.8 Å². The van der Waals surface area contributed by atoms with Crippen molar-refractivity contribution in [3.05, 3.63) is 18.2 Å². The van der Waals surface area contributed by atoms with E-state index in [1.807, 2.05) is 20.8 Å². The van der Waals surface area contributed by atoms with Crippen LogP contribution in [0.15, 0.2) is 12.4 Å². The van der Waals surface area contributed by atoms with Crippen LogP contribution in [0.2, 0.25) is 0 Å². The lowest BCUT2D eigenvalue weighted by molar-refractivity contribution is -0.142. The fraction of sp³-hybridized carbons (Fsp3) is 0.611. The summed E-state index contributed by atoms with van der Waals surface area (Å²) >= 11 is 0. The first-order valence-corrected chi connectivity index (χ1v) is 8.75. The Morgan fingerprint density at radius 3 is 2.12 bits per heavy atom. The second-order valence-corrected chi connectivity index (χ2v) is 7.85. The number of hydrogen-bond acceptors (Lipinski definition) is 5. The van der Waals surface area contributed by atoms with E-state index in [4.69, 9.17) is 0 Å². The molecule has 0 radical (unpaired) electrons. The lowest BCUT2D eigenvalue weighted by Gasteiger charge is -2.19. The molecule has 2 aliphatic rings. The van der Waals surface area contributed by atoms with Gasteiger partial charge in [-0.1, -0.05) is 33.6 Å². The van der Waals surface area contributed by atoms with Crippen LogP contribution in [-0.2, 0) is 19.8 Å². The van der Waals surface area contributed by atoms with Gasteiger partial charge in [0.2, 0.25) is 17.7 Å². The van der Waals surface area contributed by atoms with E-state index in [0.29, 0.717) is 11.5 Å². The van der Waals surface area contributed by atoms with Gasteiger partial charge >= 0.3 is 0 Å². The maximum Gasteiger partial charge on any atom is 0.244 e. The van der Waals surface area contributed by atoms with Gasteiger partial charge < -0.3 is 5.32 Å². The Kier molecular flexibility index (Phi) is 4.58. The maximum atomic E-state index is 12.4. The molecule has 2 heterocycles. The summed E-state index contributed by atoms with van der Waals surface area (Å²) < 4.78 is 0. The second-order valence-electron chi connectivity index (χ2n) is 7.85. The zero-order chi connectivity index (χ0) is 18.2. The van der Waals surface area contributed by atoms with Gasteiger partial charge in [0.15, 0.2) is 0 Å². The standard InChI is InChI=1S/C18H24N4O3/c1-18(2,3)17-19-8-11(9-20-17)21-14(23)10-22-15(24)12-6-4-5-7-13(12)16(22)25/h8-9,12-13H,4-7,10H2,1-3H3,(H,21,23). The first kappa shape index (κ1) is 17.5. The number of carbonyl (C=O) groups excluding carboxylic acids is 3. The van der Waals surface area contributed by atoms with Gasteiger partial charge in [-0.2, -0.15) is 0 Å². The van der Waals surface area contributed by atoms with E-state index in [2.05, 4.69) is 15.3 Å². The molecule has 3 amide bonds. The van der Waals surface area contributed by atoms with Gasteiger partial charge in [0.05, 0.1) is 29.9 Å². The molecule has 0 bridgehead atoms. The molecule has 2 fully saturated rings. The molecule has 1 aliphatic carbocycles. The molecular weight excluding hydrogens is 320 g/mol. The molecule has 3 rings (SSSR count). The number of nitrogens with zero attached hydrogens (tertiary/aromatic N) is 3. The summed E-state index contributed by atoms with van der Waals surface area (Å²) in [5.74, 6) is -0.604. The van der Waals surface area contributed by atoms with Gasteiger partial charge in [-0.3, -0.25) is 19.3 Å². The quantitative estimate of drug-likeness (QED) is 0.845. The van der Waals surface area contributed by atoms with Crippen LogP contribution >= 0.6 is 0 Å². The van der Waals surface area contributed by atoms with Crippen molar-refractivity contribution < 1.29 is 14.4 Å². The fourth-order valence-electron chi connectivity index (χ4n) is 3.51. The fourth-order valence-corrected chi connectivity index (χ4v) is 3.51. The Hall–Kier alpha value is -2.31. The monoisotopic (exact) mass is 344 g/mol. The van der Waals surface area contributed by atoms with E-state index < -0.39 is 5.91 Å². The summed E-state index contributed by atoms with van der Waals surface area (Å²) in [5, 5.41) is 2.66. The number of fused-ring (bicyclic) bond motifs is 1. The number of imide groups is 1. The van der Waals surface area contributed by atoms with E-state index in [9.17, 15) is 14.4 Å². The van der Waals surface area contributed by atoms with Gasteiger partial charge in [-0.15, -0.1) is 0 Å². The van der Waals surface area contributed by atoms with Gasteiger partial charge in [-0.05, 0) is 12.8 Å². The highest BCUT2D eigenvalue weighted by Gasteiger charge is 2.48. The molecule has 1 aliphatic heterocycles. The van der Waals surface area contributed by atoms with Gasteiger partial charge in [0.1, 0.15) is 12.4 Å². The predicted octanol–water partition coefficient (Wildman–Crippen LogP) is 1.89. The molecule has 7 nitrogen and oxygen atoms in total. The molecule has 1 saturated heterocycles. The van der Waals surface area contributed by atoms with Crippen molar-refractivity contribution in [2.24, 2.45) is 11.8 Å². The van der Waals surface area contributed by atoms with Gasteiger partial charge in [0, 0.05) is 5.41 Å². The Labute approximate surface area is 147 Å². The minimum Gasteiger partial charge on any atom is -0.322 e. The van der Waals surface area contributed by atoms with Crippen LogP contribution in [-0.4, -0.2) is 39.1 Å². The van der Waals surface area contributed by atoms with E-state index in [1.54, 1.807) is 12.4 Å². The van der Waals surface area contributed by atoms with Crippen LogP contribution < -0.4 is 5.32 Å². The SMILES string of the molecule is CC(C)(C)c1ncc(NC(=O)CN2C(=O)C3CCCCC3C2=O)cn1. The van der Waals surface area contributed by atoms with E-state index in [-0.39, 0.29) is 35.6 Å². The summed E-state index contributed by atoms with van der Waals surface area (Å²) in [4.78, 5) is 46.6. The zero-order valence-corrected chi connectivity index (χ0v) is 14.9. The Morgan fingerprint density at radius 1 is 1.12 bits per heavy atom. The number of likely N-dealkylation sites (tertiary alicyclic amines) is 1.